The molecule has 0 fully saturated rings. The van der Waals surface area contributed by atoms with E-state index in [0.717, 1.165) is 45.4 Å². The number of aromatic nitrogens is 2. The lowest BCUT2D eigenvalue weighted by molar-refractivity contribution is 0.125. The molecule has 0 aliphatic heterocycles. The van der Waals surface area contributed by atoms with Crippen LogP contribution in [0.25, 0.3) is 0 Å². The van der Waals surface area contributed by atoms with Gasteiger partial charge in [-0.3, -0.25) is 0 Å². The molecule has 0 aliphatic carbocycles. The predicted molar refractivity (Wildman–Crippen MR) is 74.8 cm³/mol. The molecule has 1 heterocycles. The van der Waals surface area contributed by atoms with E-state index in [0.29, 0.717) is 6.04 Å². The summed E-state index contributed by atoms with van der Waals surface area (Å²) in [6, 6.07) is 0.444. The summed E-state index contributed by atoms with van der Waals surface area (Å²) in [4.78, 5) is 4.45. The third-order valence-electron chi connectivity index (χ3n) is 3.06. The topological polar surface area (TPSA) is 39.1 Å². The summed E-state index contributed by atoms with van der Waals surface area (Å²) in [5.74, 6) is 1.17. The van der Waals surface area contributed by atoms with Crippen LogP contribution >= 0.6 is 0 Å². The lowest BCUT2D eigenvalue weighted by Crippen LogP contribution is -2.30. The highest BCUT2D eigenvalue weighted by Gasteiger charge is 2.11. The maximum absolute atomic E-state index is 5.54. The lowest BCUT2D eigenvalue weighted by Gasteiger charge is -2.16. The molecule has 1 aromatic rings. The van der Waals surface area contributed by atoms with E-state index in [1.807, 2.05) is 13.2 Å². The Balaban J connectivity index is 2.39. The smallest absolute Gasteiger partial charge is 0.110 e. The Morgan fingerprint density at radius 2 is 2.17 bits per heavy atom. The summed E-state index contributed by atoms with van der Waals surface area (Å²) in [5, 5.41) is 3.35. The van der Waals surface area contributed by atoms with Crippen molar-refractivity contribution in [2.75, 3.05) is 20.3 Å². The monoisotopic (exact) mass is 253 g/mol. The third-order valence-corrected chi connectivity index (χ3v) is 3.06. The number of hydrogen-bond acceptors (Lipinski definition) is 3. The van der Waals surface area contributed by atoms with Crippen LogP contribution in [0.15, 0.2) is 12.4 Å². The van der Waals surface area contributed by atoms with Crippen LogP contribution in [0.1, 0.15) is 38.9 Å². The molecule has 18 heavy (non-hydrogen) atoms. The van der Waals surface area contributed by atoms with Crippen LogP contribution in [0.2, 0.25) is 0 Å². The highest BCUT2D eigenvalue weighted by molar-refractivity contribution is 4.95. The highest BCUT2D eigenvalue weighted by atomic mass is 16.5. The van der Waals surface area contributed by atoms with Gasteiger partial charge in [-0.25, -0.2) is 4.98 Å². The molecule has 4 heteroatoms. The van der Waals surface area contributed by atoms with Gasteiger partial charge in [-0.05, 0) is 26.3 Å². The first-order chi connectivity index (χ1) is 8.81. The average molecular weight is 253 g/mol. The Kier molecular flexibility index (Phi) is 7.69. The molecular formula is C14H27N3O. The number of imidazole rings is 1. The number of ether oxygens (including phenoxy) is 1. The maximum Gasteiger partial charge on any atom is 0.110 e. The highest BCUT2D eigenvalue weighted by Crippen LogP contribution is 2.06. The first-order valence-electron chi connectivity index (χ1n) is 7.06. The van der Waals surface area contributed by atoms with Crippen molar-refractivity contribution in [3.63, 3.8) is 0 Å². The summed E-state index contributed by atoms with van der Waals surface area (Å²) >= 11 is 0. The quantitative estimate of drug-likeness (QED) is 0.650. The van der Waals surface area contributed by atoms with Gasteiger partial charge in [0.05, 0.1) is 0 Å². The largest absolute Gasteiger partial charge is 0.381 e. The maximum atomic E-state index is 5.54. The van der Waals surface area contributed by atoms with Gasteiger partial charge in [0, 0.05) is 44.6 Å². The van der Waals surface area contributed by atoms with Crippen LogP contribution in [0.5, 0.6) is 0 Å². The Hall–Kier alpha value is -0.870. The standard InChI is InChI=1S/C14H27N3O/c1-4-8-17-9-7-16-14(17)12-13(15-3)6-11-18-10-5-2/h7,9,13,15H,4-6,8,10-12H2,1-3H3. The van der Waals surface area contributed by atoms with Crippen molar-refractivity contribution in [2.45, 2.75) is 52.1 Å². The SMILES string of the molecule is CCCOCCC(Cc1nccn1CCC)NC. The van der Waals surface area contributed by atoms with E-state index in [2.05, 4.69) is 34.9 Å². The van der Waals surface area contributed by atoms with Gasteiger partial charge in [-0.2, -0.15) is 0 Å². The number of hydrogen-bond donors (Lipinski definition) is 1. The Morgan fingerprint density at radius 1 is 1.33 bits per heavy atom. The summed E-state index contributed by atoms with van der Waals surface area (Å²) in [5.41, 5.74) is 0. The number of aryl methyl sites for hydroxylation is 1. The van der Waals surface area contributed by atoms with Gasteiger partial charge in [-0.15, -0.1) is 0 Å². The summed E-state index contributed by atoms with van der Waals surface area (Å²) in [7, 11) is 2.01. The molecule has 4 nitrogen and oxygen atoms in total. The number of likely N-dealkylation sites (N-methyl/N-ethyl adjacent to an activating group) is 1. The average Bonchev–Trinajstić information content (AvgIpc) is 2.81. The van der Waals surface area contributed by atoms with Gasteiger partial charge in [0.15, 0.2) is 0 Å². The number of nitrogens with zero attached hydrogens (tertiary/aromatic N) is 2. The molecule has 1 N–H and O–H groups in total. The molecule has 104 valence electrons. The van der Waals surface area contributed by atoms with Crippen LogP contribution in [-0.2, 0) is 17.7 Å². The minimum Gasteiger partial charge on any atom is -0.381 e. The molecule has 0 aromatic carbocycles. The molecule has 1 rings (SSSR count). The molecule has 1 atom stereocenters. The molecule has 1 unspecified atom stereocenters. The molecule has 0 radical (unpaired) electrons. The molecule has 0 amide bonds. The molecule has 0 bridgehead atoms. The minimum absolute atomic E-state index is 0.444. The summed E-state index contributed by atoms with van der Waals surface area (Å²) in [6.07, 6.45) is 8.21. The third kappa shape index (κ3) is 5.19. The minimum atomic E-state index is 0.444. The molecular weight excluding hydrogens is 226 g/mol. The zero-order valence-electron chi connectivity index (χ0n) is 12.0. The van der Waals surface area contributed by atoms with Crippen LogP contribution in [0.4, 0.5) is 0 Å². The lowest BCUT2D eigenvalue weighted by atomic mass is 10.1. The van der Waals surface area contributed by atoms with Crippen molar-refractivity contribution in [1.82, 2.24) is 14.9 Å². The van der Waals surface area contributed by atoms with E-state index in [9.17, 15) is 0 Å². The van der Waals surface area contributed by atoms with Crippen LogP contribution < -0.4 is 5.32 Å². The van der Waals surface area contributed by atoms with Crippen molar-refractivity contribution in [3.8, 4) is 0 Å². The van der Waals surface area contributed by atoms with E-state index in [4.69, 9.17) is 4.74 Å². The van der Waals surface area contributed by atoms with E-state index in [-0.39, 0.29) is 0 Å². The molecule has 0 spiro atoms. The zero-order chi connectivity index (χ0) is 13.2. The number of nitrogens with one attached hydrogen (secondary N) is 1. The predicted octanol–water partition coefficient (Wildman–Crippen LogP) is 2.24. The second-order valence-electron chi connectivity index (χ2n) is 4.63. The van der Waals surface area contributed by atoms with Gasteiger partial charge in [-0.1, -0.05) is 13.8 Å². The van der Waals surface area contributed by atoms with Gasteiger partial charge in [0.2, 0.25) is 0 Å². The second kappa shape index (κ2) is 9.11. The van der Waals surface area contributed by atoms with Gasteiger partial charge in [0.25, 0.3) is 0 Å². The molecule has 0 saturated carbocycles. The van der Waals surface area contributed by atoms with E-state index in [1.54, 1.807) is 0 Å². The van der Waals surface area contributed by atoms with Gasteiger partial charge < -0.3 is 14.6 Å². The zero-order valence-corrected chi connectivity index (χ0v) is 12.0. The van der Waals surface area contributed by atoms with Crippen LogP contribution in [-0.4, -0.2) is 35.9 Å². The van der Waals surface area contributed by atoms with E-state index < -0.39 is 0 Å². The summed E-state index contributed by atoms with van der Waals surface area (Å²) < 4.78 is 7.79. The normalized spacial score (nSPS) is 12.8. The van der Waals surface area contributed by atoms with E-state index in [1.165, 1.54) is 5.82 Å². The summed E-state index contributed by atoms with van der Waals surface area (Å²) in [6.45, 7) is 7.07. The first-order valence-corrected chi connectivity index (χ1v) is 7.06. The molecule has 1 aromatic heterocycles. The fraction of sp³-hybridized carbons (Fsp3) is 0.786. The second-order valence-corrected chi connectivity index (χ2v) is 4.63. The Bertz CT molecular complexity index is 312. The Morgan fingerprint density at radius 3 is 2.83 bits per heavy atom. The molecule has 0 aliphatic rings. The van der Waals surface area contributed by atoms with Crippen LogP contribution in [0, 0.1) is 0 Å². The number of rotatable bonds is 10. The molecule has 0 saturated heterocycles. The van der Waals surface area contributed by atoms with Crippen molar-refractivity contribution in [1.29, 1.82) is 0 Å². The fourth-order valence-corrected chi connectivity index (χ4v) is 2.02. The van der Waals surface area contributed by atoms with Crippen LogP contribution in [0.3, 0.4) is 0 Å². The van der Waals surface area contributed by atoms with Crippen molar-refractivity contribution in [3.05, 3.63) is 18.2 Å². The van der Waals surface area contributed by atoms with Crippen molar-refractivity contribution >= 4 is 0 Å². The van der Waals surface area contributed by atoms with Crippen molar-refractivity contribution in [2.24, 2.45) is 0 Å². The van der Waals surface area contributed by atoms with Crippen molar-refractivity contribution < 1.29 is 4.74 Å². The fourth-order valence-electron chi connectivity index (χ4n) is 2.02. The Labute approximate surface area is 111 Å². The first kappa shape index (κ1) is 15.2. The van der Waals surface area contributed by atoms with Gasteiger partial charge in [0.1, 0.15) is 5.82 Å². The van der Waals surface area contributed by atoms with Gasteiger partial charge >= 0.3 is 0 Å². The van der Waals surface area contributed by atoms with E-state index >= 15 is 0 Å².